The average Bonchev–Trinajstić information content (AvgIpc) is 2.97. The summed E-state index contributed by atoms with van der Waals surface area (Å²) in [6.07, 6.45) is 6.68. The average molecular weight is 431 g/mol. The summed E-state index contributed by atoms with van der Waals surface area (Å²) in [7, 11) is 0. The van der Waals surface area contributed by atoms with Crippen LogP contribution in [0.4, 0.5) is 0 Å². The number of hydrogen-bond donors (Lipinski definition) is 3. The van der Waals surface area contributed by atoms with Crippen molar-refractivity contribution in [1.82, 2.24) is 16.0 Å². The summed E-state index contributed by atoms with van der Waals surface area (Å²) in [6, 6.07) is -1.37. The molecule has 4 amide bonds. The summed E-state index contributed by atoms with van der Waals surface area (Å²) in [6.45, 7) is 5.35. The van der Waals surface area contributed by atoms with E-state index in [1.807, 2.05) is 0 Å². The summed E-state index contributed by atoms with van der Waals surface area (Å²) >= 11 is 0. The third-order valence-electron chi connectivity index (χ3n) is 5.60. The van der Waals surface area contributed by atoms with E-state index in [2.05, 4.69) is 16.0 Å². The third kappa shape index (κ3) is 6.19. The van der Waals surface area contributed by atoms with Gasteiger partial charge in [0.1, 0.15) is 5.92 Å². The largest absolute Gasteiger partial charge is 0.352 e. The summed E-state index contributed by atoms with van der Waals surface area (Å²) < 4.78 is 0. The zero-order valence-corrected chi connectivity index (χ0v) is 18.0. The van der Waals surface area contributed by atoms with E-state index in [-0.39, 0.29) is 24.5 Å². The monoisotopic (exact) mass is 431 g/mol. The van der Waals surface area contributed by atoms with Crippen molar-refractivity contribution < 1.29 is 28.8 Å². The Labute approximate surface area is 181 Å². The number of allylic oxidation sites excluding steroid dienone is 4. The van der Waals surface area contributed by atoms with E-state index < -0.39 is 53.3 Å². The first-order chi connectivity index (χ1) is 14.7. The Bertz CT molecular complexity index is 831. The van der Waals surface area contributed by atoms with E-state index in [0.29, 0.717) is 12.8 Å². The van der Waals surface area contributed by atoms with Crippen LogP contribution < -0.4 is 16.0 Å². The Morgan fingerprint density at radius 1 is 1.13 bits per heavy atom. The normalized spacial score (nSPS) is 26.6. The molecule has 1 saturated heterocycles. The van der Waals surface area contributed by atoms with Gasteiger partial charge < -0.3 is 10.6 Å². The quantitative estimate of drug-likeness (QED) is 0.208. The molecule has 0 aromatic carbocycles. The Kier molecular flexibility index (Phi) is 8.41. The second kappa shape index (κ2) is 10.8. The molecule has 1 unspecified atom stereocenters. The molecule has 0 aromatic rings. The van der Waals surface area contributed by atoms with Crippen LogP contribution in [0.25, 0.3) is 0 Å². The van der Waals surface area contributed by atoms with Crippen molar-refractivity contribution in [2.24, 2.45) is 17.8 Å². The number of Topliss-reactive ketones (excluding diaryl/α,β-unsaturated/α-hetero) is 1. The predicted octanol–water partition coefficient (Wildman–Crippen LogP) is 0.345. The van der Waals surface area contributed by atoms with Crippen molar-refractivity contribution in [3.8, 4) is 0 Å². The number of ketones is 2. The van der Waals surface area contributed by atoms with Crippen molar-refractivity contribution in [2.75, 3.05) is 0 Å². The minimum atomic E-state index is -1.06. The van der Waals surface area contributed by atoms with Crippen LogP contribution in [-0.4, -0.2) is 47.3 Å². The third-order valence-corrected chi connectivity index (χ3v) is 5.60. The lowest BCUT2D eigenvalue weighted by atomic mass is 9.72. The van der Waals surface area contributed by atoms with Gasteiger partial charge in [-0.25, -0.2) is 0 Å². The van der Waals surface area contributed by atoms with E-state index >= 15 is 0 Å². The topological polar surface area (TPSA) is 139 Å². The first-order valence-corrected chi connectivity index (χ1v) is 10.5. The van der Waals surface area contributed by atoms with Crippen LogP contribution in [0.2, 0.25) is 0 Å². The maximum absolute atomic E-state index is 12.7. The molecule has 0 bridgehead atoms. The van der Waals surface area contributed by atoms with Crippen LogP contribution in [0.3, 0.4) is 0 Å². The number of hydrogen-bond acceptors (Lipinski definition) is 6. The minimum absolute atomic E-state index is 0.0689. The fourth-order valence-electron chi connectivity index (χ4n) is 3.94. The first kappa shape index (κ1) is 24.2. The molecule has 1 saturated carbocycles. The van der Waals surface area contributed by atoms with Crippen molar-refractivity contribution in [1.29, 1.82) is 0 Å². The molecule has 9 nitrogen and oxygen atoms in total. The first-order valence-electron chi connectivity index (χ1n) is 10.5. The summed E-state index contributed by atoms with van der Waals surface area (Å²) in [5.74, 6) is -4.83. The Morgan fingerprint density at radius 3 is 2.48 bits per heavy atom. The van der Waals surface area contributed by atoms with Crippen LogP contribution >= 0.6 is 0 Å². The fraction of sp³-hybridized carbons (Fsp3) is 0.545. The second-order valence-corrected chi connectivity index (χ2v) is 8.00. The molecule has 5 atom stereocenters. The lowest BCUT2D eigenvalue weighted by molar-refractivity contribution is -0.141. The minimum Gasteiger partial charge on any atom is -0.352 e. The standard InChI is InChI=1S/C22H29N3O6/c1-4-6-7-8-14(26)11-17(28)23-13(5-2)10-16(27)24-19-12(3)9-15-18(20(19)29)22(31)25-21(15)30/h4,6-8,12-13,15,18-19H,5,9-11H2,1-3H3,(H,23,28)(H,24,27)(H,25,30,31)/b6-4+,8-7+/t12?,13-,15+,18-,19+/m1/s1. The molecule has 1 heterocycles. The van der Waals surface area contributed by atoms with Crippen LogP contribution in [0.1, 0.15) is 46.5 Å². The molecule has 168 valence electrons. The van der Waals surface area contributed by atoms with Crippen LogP contribution in [0.5, 0.6) is 0 Å². The van der Waals surface area contributed by atoms with Crippen LogP contribution in [0, 0.1) is 17.8 Å². The van der Waals surface area contributed by atoms with E-state index in [1.54, 1.807) is 39.0 Å². The molecule has 1 aliphatic heterocycles. The Balaban J connectivity index is 1.90. The SMILES string of the molecule is C/C=C/C=C/C(=O)CC(=O)N[C@H](CC)CC(=O)N[C@@H]1C(=O)[C@@H]2C(=O)NC(=O)[C@H]2CC1C. The number of carbonyl (C=O) groups excluding carboxylic acids is 6. The molecule has 0 spiro atoms. The van der Waals surface area contributed by atoms with Crippen molar-refractivity contribution in [3.05, 3.63) is 24.3 Å². The lowest BCUT2D eigenvalue weighted by Crippen LogP contribution is -2.54. The van der Waals surface area contributed by atoms with Gasteiger partial charge in [0.25, 0.3) is 0 Å². The van der Waals surface area contributed by atoms with Crippen molar-refractivity contribution >= 4 is 35.2 Å². The van der Waals surface area contributed by atoms with Gasteiger partial charge in [-0.3, -0.25) is 34.1 Å². The van der Waals surface area contributed by atoms with Gasteiger partial charge in [-0.1, -0.05) is 32.1 Å². The number of imide groups is 1. The molecule has 2 fully saturated rings. The maximum Gasteiger partial charge on any atom is 0.238 e. The highest BCUT2D eigenvalue weighted by molar-refractivity contribution is 6.17. The van der Waals surface area contributed by atoms with E-state index in [9.17, 15) is 28.8 Å². The van der Waals surface area contributed by atoms with Gasteiger partial charge in [0.05, 0.1) is 18.4 Å². The number of fused-ring (bicyclic) bond motifs is 1. The highest BCUT2D eigenvalue weighted by Crippen LogP contribution is 2.35. The number of rotatable bonds is 9. The highest BCUT2D eigenvalue weighted by atomic mass is 16.2. The van der Waals surface area contributed by atoms with E-state index in [1.165, 1.54) is 6.08 Å². The molecular formula is C22H29N3O6. The number of nitrogens with one attached hydrogen (secondary N) is 3. The summed E-state index contributed by atoms with van der Waals surface area (Å²) in [5, 5.41) is 7.51. The van der Waals surface area contributed by atoms with Crippen molar-refractivity contribution in [3.63, 3.8) is 0 Å². The summed E-state index contributed by atoms with van der Waals surface area (Å²) in [5.41, 5.74) is 0. The van der Waals surface area contributed by atoms with Gasteiger partial charge >= 0.3 is 0 Å². The molecule has 31 heavy (non-hydrogen) atoms. The van der Waals surface area contributed by atoms with E-state index in [0.717, 1.165) is 0 Å². The maximum atomic E-state index is 12.7. The summed E-state index contributed by atoms with van der Waals surface area (Å²) in [4.78, 5) is 72.8. The molecule has 3 N–H and O–H groups in total. The predicted molar refractivity (Wildman–Crippen MR) is 111 cm³/mol. The second-order valence-electron chi connectivity index (χ2n) is 8.00. The molecule has 0 aromatic heterocycles. The zero-order chi connectivity index (χ0) is 23.1. The van der Waals surface area contributed by atoms with Crippen LogP contribution in [-0.2, 0) is 28.8 Å². The Morgan fingerprint density at radius 2 is 1.84 bits per heavy atom. The highest BCUT2D eigenvalue weighted by Gasteiger charge is 2.53. The van der Waals surface area contributed by atoms with E-state index in [4.69, 9.17) is 0 Å². The molecule has 1 aliphatic carbocycles. The van der Waals surface area contributed by atoms with Crippen LogP contribution in [0.15, 0.2) is 24.3 Å². The molecular weight excluding hydrogens is 402 g/mol. The molecule has 9 heteroatoms. The smallest absolute Gasteiger partial charge is 0.238 e. The Hall–Kier alpha value is -3.10. The van der Waals surface area contributed by atoms with Gasteiger partial charge in [0.2, 0.25) is 23.6 Å². The van der Waals surface area contributed by atoms with Gasteiger partial charge in [-0.2, -0.15) is 0 Å². The van der Waals surface area contributed by atoms with Gasteiger partial charge in [-0.15, -0.1) is 0 Å². The molecule has 0 radical (unpaired) electrons. The molecule has 2 aliphatic rings. The van der Waals surface area contributed by atoms with Gasteiger partial charge in [0.15, 0.2) is 11.6 Å². The molecule has 2 rings (SSSR count). The fourth-order valence-corrected chi connectivity index (χ4v) is 3.94. The number of amides is 4. The van der Waals surface area contributed by atoms with Gasteiger partial charge in [0, 0.05) is 12.5 Å². The number of carbonyl (C=O) groups is 6. The van der Waals surface area contributed by atoms with Gasteiger partial charge in [-0.05, 0) is 31.8 Å². The van der Waals surface area contributed by atoms with Crippen molar-refractivity contribution in [2.45, 2.75) is 58.5 Å². The zero-order valence-electron chi connectivity index (χ0n) is 18.0. The lowest BCUT2D eigenvalue weighted by Gasteiger charge is -2.33.